The first kappa shape index (κ1) is 23.5. The van der Waals surface area contributed by atoms with E-state index >= 15 is 0 Å². The van der Waals surface area contributed by atoms with Crippen LogP contribution in [0.2, 0.25) is 5.02 Å². The SMILES string of the molecule is C[C@@H](C(=O)N1CCC[C@H]1C(=O)O)N1CC[C@H](NS(=O)(=O)c2ccc3cc(Cl)ccc3c2)C1=O. The first-order chi connectivity index (χ1) is 15.6. The Kier molecular flexibility index (Phi) is 6.35. The van der Waals surface area contributed by atoms with Crippen LogP contribution >= 0.6 is 11.6 Å². The van der Waals surface area contributed by atoms with Gasteiger partial charge in [0.25, 0.3) is 0 Å². The second-order valence-electron chi connectivity index (χ2n) is 8.35. The van der Waals surface area contributed by atoms with Gasteiger partial charge >= 0.3 is 5.97 Å². The number of carboxylic acid groups (broad SMARTS) is 1. The highest BCUT2D eigenvalue weighted by atomic mass is 35.5. The molecule has 2 amide bonds. The average Bonchev–Trinajstić information content (AvgIpc) is 3.39. The molecule has 11 heteroatoms. The van der Waals surface area contributed by atoms with Crippen molar-refractivity contribution < 1.29 is 27.9 Å². The van der Waals surface area contributed by atoms with Crippen molar-refractivity contribution in [2.75, 3.05) is 13.1 Å². The lowest BCUT2D eigenvalue weighted by Crippen LogP contribution is -2.52. The molecule has 176 valence electrons. The van der Waals surface area contributed by atoms with Crippen molar-refractivity contribution in [3.05, 3.63) is 41.4 Å². The minimum Gasteiger partial charge on any atom is -0.480 e. The zero-order valence-corrected chi connectivity index (χ0v) is 19.5. The first-order valence-electron chi connectivity index (χ1n) is 10.6. The van der Waals surface area contributed by atoms with E-state index in [1.807, 2.05) is 0 Å². The normalized spacial score (nSPS) is 22.2. The lowest BCUT2D eigenvalue weighted by molar-refractivity contribution is -0.151. The third-order valence-corrected chi connectivity index (χ3v) is 7.97. The monoisotopic (exact) mass is 493 g/mol. The fraction of sp³-hybridized carbons (Fsp3) is 0.409. The van der Waals surface area contributed by atoms with Crippen molar-refractivity contribution in [2.45, 2.75) is 49.2 Å². The lowest BCUT2D eigenvalue weighted by Gasteiger charge is -2.30. The number of carbonyl (C=O) groups is 3. The minimum atomic E-state index is -3.99. The highest BCUT2D eigenvalue weighted by Gasteiger charge is 2.43. The highest BCUT2D eigenvalue weighted by molar-refractivity contribution is 7.89. The summed E-state index contributed by atoms with van der Waals surface area (Å²) in [6.45, 7) is 2.06. The number of halogens is 1. The summed E-state index contributed by atoms with van der Waals surface area (Å²) >= 11 is 5.98. The number of carbonyl (C=O) groups excluding carboxylic acids is 2. The van der Waals surface area contributed by atoms with Gasteiger partial charge in [-0.05, 0) is 61.2 Å². The van der Waals surface area contributed by atoms with Crippen molar-refractivity contribution in [1.82, 2.24) is 14.5 Å². The van der Waals surface area contributed by atoms with Crippen LogP contribution in [0.4, 0.5) is 0 Å². The van der Waals surface area contributed by atoms with E-state index in [1.54, 1.807) is 31.2 Å². The number of benzene rings is 2. The number of carboxylic acids is 1. The van der Waals surface area contributed by atoms with Crippen molar-refractivity contribution in [2.24, 2.45) is 0 Å². The smallest absolute Gasteiger partial charge is 0.326 e. The van der Waals surface area contributed by atoms with Crippen LogP contribution in [-0.2, 0) is 24.4 Å². The summed E-state index contributed by atoms with van der Waals surface area (Å²) in [5, 5.41) is 11.4. The molecule has 2 saturated heterocycles. The molecular formula is C22H24ClN3O6S. The molecule has 0 saturated carbocycles. The number of likely N-dealkylation sites (tertiary alicyclic amines) is 2. The van der Waals surface area contributed by atoms with Crippen LogP contribution in [0.25, 0.3) is 10.8 Å². The number of hydrogen-bond donors (Lipinski definition) is 2. The van der Waals surface area contributed by atoms with Crippen LogP contribution in [0, 0.1) is 0 Å². The topological polar surface area (TPSA) is 124 Å². The number of rotatable bonds is 6. The summed E-state index contributed by atoms with van der Waals surface area (Å²) in [5.41, 5.74) is 0. The first-order valence-corrected chi connectivity index (χ1v) is 12.5. The van der Waals surface area contributed by atoms with Crippen molar-refractivity contribution in [1.29, 1.82) is 0 Å². The Bertz CT molecular complexity index is 1230. The maximum absolute atomic E-state index is 12.9. The van der Waals surface area contributed by atoms with Gasteiger partial charge in [0.15, 0.2) is 0 Å². The largest absolute Gasteiger partial charge is 0.480 e. The van der Waals surface area contributed by atoms with E-state index < -0.39 is 45.9 Å². The number of sulfonamides is 1. The number of fused-ring (bicyclic) bond motifs is 1. The molecule has 0 aromatic heterocycles. The second kappa shape index (κ2) is 8.92. The molecule has 2 aromatic rings. The maximum atomic E-state index is 12.9. The number of nitrogens with one attached hydrogen (secondary N) is 1. The standard InChI is InChI=1S/C22H24ClN3O6S/c1-13(20(27)26-9-2-3-19(26)22(29)30)25-10-8-18(21(25)28)24-33(31,32)17-7-5-14-11-16(23)6-4-15(14)12-17/h4-7,11-13,18-19,24H,2-3,8-10H2,1H3,(H,29,30)/t13-,18-,19-/m0/s1. The molecule has 0 radical (unpaired) electrons. The van der Waals surface area contributed by atoms with Gasteiger partial charge in [0.2, 0.25) is 21.8 Å². The zero-order chi connectivity index (χ0) is 23.9. The van der Waals surface area contributed by atoms with E-state index in [0.29, 0.717) is 29.8 Å². The molecule has 33 heavy (non-hydrogen) atoms. The Labute approximate surface area is 196 Å². The molecule has 2 aliphatic heterocycles. The molecule has 2 fully saturated rings. The molecule has 2 heterocycles. The van der Waals surface area contributed by atoms with Crippen molar-refractivity contribution in [3.8, 4) is 0 Å². The number of amides is 2. The molecule has 0 unspecified atom stereocenters. The molecule has 2 aliphatic rings. The van der Waals surface area contributed by atoms with Crippen LogP contribution in [0.3, 0.4) is 0 Å². The molecule has 3 atom stereocenters. The van der Waals surface area contributed by atoms with Crippen LogP contribution < -0.4 is 4.72 Å². The Morgan fingerprint density at radius 1 is 1.12 bits per heavy atom. The fourth-order valence-electron chi connectivity index (χ4n) is 4.47. The third kappa shape index (κ3) is 4.55. The van der Waals surface area contributed by atoms with E-state index in [2.05, 4.69) is 4.72 Å². The zero-order valence-electron chi connectivity index (χ0n) is 17.9. The predicted molar refractivity (Wildman–Crippen MR) is 121 cm³/mol. The summed E-state index contributed by atoms with van der Waals surface area (Å²) < 4.78 is 28.3. The Morgan fingerprint density at radius 3 is 2.55 bits per heavy atom. The Morgan fingerprint density at radius 2 is 1.82 bits per heavy atom. The summed E-state index contributed by atoms with van der Waals surface area (Å²) in [6, 6.07) is 6.95. The summed E-state index contributed by atoms with van der Waals surface area (Å²) in [5.74, 6) is -2.01. The van der Waals surface area contributed by atoms with E-state index in [-0.39, 0.29) is 17.9 Å². The Hall–Kier alpha value is -2.69. The van der Waals surface area contributed by atoms with Crippen LogP contribution in [0.5, 0.6) is 0 Å². The lowest BCUT2D eigenvalue weighted by atomic mass is 10.1. The van der Waals surface area contributed by atoms with Gasteiger partial charge in [0.05, 0.1) is 4.90 Å². The number of aliphatic carboxylic acids is 1. The van der Waals surface area contributed by atoms with Gasteiger partial charge in [-0.25, -0.2) is 13.2 Å². The summed E-state index contributed by atoms with van der Waals surface area (Å²) in [7, 11) is -3.99. The number of hydrogen-bond acceptors (Lipinski definition) is 5. The average molecular weight is 494 g/mol. The van der Waals surface area contributed by atoms with Gasteiger partial charge in [-0.15, -0.1) is 0 Å². The fourth-order valence-corrected chi connectivity index (χ4v) is 5.91. The molecule has 2 N–H and O–H groups in total. The number of nitrogens with zero attached hydrogens (tertiary/aromatic N) is 2. The predicted octanol–water partition coefficient (Wildman–Crippen LogP) is 1.84. The van der Waals surface area contributed by atoms with E-state index in [4.69, 9.17) is 11.6 Å². The van der Waals surface area contributed by atoms with Gasteiger partial charge in [-0.2, -0.15) is 4.72 Å². The van der Waals surface area contributed by atoms with E-state index in [0.717, 1.165) is 5.39 Å². The van der Waals surface area contributed by atoms with Crippen LogP contribution in [0.1, 0.15) is 26.2 Å². The van der Waals surface area contributed by atoms with Gasteiger partial charge < -0.3 is 14.9 Å². The van der Waals surface area contributed by atoms with Gasteiger partial charge in [0, 0.05) is 18.1 Å². The van der Waals surface area contributed by atoms with Crippen LogP contribution in [0.15, 0.2) is 41.3 Å². The molecule has 0 spiro atoms. The van der Waals surface area contributed by atoms with Crippen molar-refractivity contribution in [3.63, 3.8) is 0 Å². The second-order valence-corrected chi connectivity index (χ2v) is 10.5. The summed E-state index contributed by atoms with van der Waals surface area (Å²) in [6.07, 6.45) is 1.17. The Balaban J connectivity index is 1.47. The molecule has 9 nitrogen and oxygen atoms in total. The third-order valence-electron chi connectivity index (χ3n) is 6.27. The molecular weight excluding hydrogens is 470 g/mol. The summed E-state index contributed by atoms with van der Waals surface area (Å²) in [4.78, 5) is 39.8. The van der Waals surface area contributed by atoms with Crippen molar-refractivity contribution >= 4 is 50.2 Å². The maximum Gasteiger partial charge on any atom is 0.326 e. The molecule has 2 aromatic carbocycles. The highest BCUT2D eigenvalue weighted by Crippen LogP contribution is 2.25. The van der Waals surface area contributed by atoms with Crippen LogP contribution in [-0.4, -0.2) is 72.3 Å². The van der Waals surface area contributed by atoms with E-state index in [1.165, 1.54) is 21.9 Å². The van der Waals surface area contributed by atoms with E-state index in [9.17, 15) is 27.9 Å². The molecule has 0 bridgehead atoms. The van der Waals surface area contributed by atoms with Gasteiger partial charge in [-0.1, -0.05) is 23.7 Å². The molecule has 4 rings (SSSR count). The minimum absolute atomic E-state index is 0.0223. The molecule has 0 aliphatic carbocycles. The quantitative estimate of drug-likeness (QED) is 0.632. The van der Waals surface area contributed by atoms with Gasteiger partial charge in [-0.3, -0.25) is 9.59 Å². The van der Waals surface area contributed by atoms with Gasteiger partial charge in [0.1, 0.15) is 18.1 Å².